The highest BCUT2D eigenvalue weighted by atomic mass is 16.5. The third-order valence-corrected chi connectivity index (χ3v) is 4.35. The summed E-state index contributed by atoms with van der Waals surface area (Å²) in [6.45, 7) is 6.17. The van der Waals surface area contributed by atoms with E-state index in [0.29, 0.717) is 18.8 Å². The SMILES string of the molecule is CC(C)Oc1ccc(C2CN(C(=O)c3cnccn3)CCN2C)cc1. The molecule has 1 amide bonds. The van der Waals surface area contributed by atoms with Crippen molar-refractivity contribution in [2.45, 2.75) is 26.0 Å². The molecule has 25 heavy (non-hydrogen) atoms. The zero-order valence-electron chi connectivity index (χ0n) is 14.9. The van der Waals surface area contributed by atoms with Crippen LogP contribution in [-0.2, 0) is 0 Å². The minimum Gasteiger partial charge on any atom is -0.491 e. The van der Waals surface area contributed by atoms with Gasteiger partial charge in [0.15, 0.2) is 0 Å². The van der Waals surface area contributed by atoms with Crippen LogP contribution in [0, 0.1) is 0 Å². The summed E-state index contributed by atoms with van der Waals surface area (Å²) in [6.07, 6.45) is 4.80. The first-order valence-corrected chi connectivity index (χ1v) is 8.56. The van der Waals surface area contributed by atoms with Gasteiger partial charge in [0.05, 0.1) is 18.3 Å². The molecule has 1 aromatic carbocycles. The third kappa shape index (κ3) is 4.14. The number of carbonyl (C=O) groups is 1. The summed E-state index contributed by atoms with van der Waals surface area (Å²) in [7, 11) is 2.09. The molecular formula is C19H24N4O2. The minimum atomic E-state index is -0.0639. The average molecular weight is 340 g/mol. The molecule has 0 bridgehead atoms. The molecule has 0 aliphatic carbocycles. The van der Waals surface area contributed by atoms with Crippen LogP contribution in [0.4, 0.5) is 0 Å². The Balaban J connectivity index is 1.73. The summed E-state index contributed by atoms with van der Waals surface area (Å²) < 4.78 is 5.71. The molecule has 1 saturated heterocycles. The molecule has 0 saturated carbocycles. The lowest BCUT2D eigenvalue weighted by Crippen LogP contribution is -2.49. The first-order valence-electron chi connectivity index (χ1n) is 8.56. The number of carbonyl (C=O) groups excluding carboxylic acids is 1. The first kappa shape index (κ1) is 17.4. The number of likely N-dealkylation sites (N-methyl/N-ethyl adjacent to an activating group) is 1. The molecule has 2 heterocycles. The van der Waals surface area contributed by atoms with Gasteiger partial charge >= 0.3 is 0 Å². The van der Waals surface area contributed by atoms with Crippen LogP contribution in [0.15, 0.2) is 42.9 Å². The Morgan fingerprint density at radius 2 is 1.96 bits per heavy atom. The van der Waals surface area contributed by atoms with E-state index in [1.807, 2.05) is 30.9 Å². The molecule has 0 spiro atoms. The van der Waals surface area contributed by atoms with Crippen molar-refractivity contribution in [3.05, 3.63) is 54.1 Å². The van der Waals surface area contributed by atoms with Crippen molar-refractivity contribution in [3.63, 3.8) is 0 Å². The predicted octanol–water partition coefficient (Wildman–Crippen LogP) is 2.39. The van der Waals surface area contributed by atoms with E-state index in [9.17, 15) is 4.79 Å². The first-order chi connectivity index (χ1) is 12.0. The minimum absolute atomic E-state index is 0.0639. The summed E-state index contributed by atoms with van der Waals surface area (Å²) >= 11 is 0. The second-order valence-electron chi connectivity index (χ2n) is 6.57. The van der Waals surface area contributed by atoms with Crippen LogP contribution < -0.4 is 4.74 Å². The van der Waals surface area contributed by atoms with Gasteiger partial charge in [-0.1, -0.05) is 12.1 Å². The topological polar surface area (TPSA) is 58.6 Å². The number of rotatable bonds is 4. The van der Waals surface area contributed by atoms with E-state index in [2.05, 4.69) is 34.0 Å². The maximum absolute atomic E-state index is 12.6. The Morgan fingerprint density at radius 1 is 1.20 bits per heavy atom. The van der Waals surface area contributed by atoms with Crippen molar-refractivity contribution < 1.29 is 9.53 Å². The number of hydrogen-bond donors (Lipinski definition) is 0. The van der Waals surface area contributed by atoms with Gasteiger partial charge in [0.2, 0.25) is 0 Å². The van der Waals surface area contributed by atoms with Crippen molar-refractivity contribution in [1.82, 2.24) is 19.8 Å². The molecule has 1 fully saturated rings. The van der Waals surface area contributed by atoms with Crippen LogP contribution >= 0.6 is 0 Å². The molecule has 0 N–H and O–H groups in total. The monoisotopic (exact) mass is 340 g/mol. The number of amides is 1. The van der Waals surface area contributed by atoms with Gasteiger partial charge in [0, 0.05) is 32.0 Å². The maximum atomic E-state index is 12.6. The van der Waals surface area contributed by atoms with Crippen LogP contribution in [0.2, 0.25) is 0 Å². The molecule has 132 valence electrons. The van der Waals surface area contributed by atoms with Gasteiger partial charge in [-0.3, -0.25) is 14.7 Å². The zero-order chi connectivity index (χ0) is 17.8. The van der Waals surface area contributed by atoms with Crippen molar-refractivity contribution in [1.29, 1.82) is 0 Å². The standard InChI is InChI=1S/C19H24N4O2/c1-14(2)25-16-6-4-15(5-7-16)18-13-23(11-10-22(18)3)19(24)17-12-20-8-9-21-17/h4-9,12,14,18H,10-11,13H2,1-3H3. The summed E-state index contributed by atoms with van der Waals surface area (Å²) in [5, 5.41) is 0. The lowest BCUT2D eigenvalue weighted by molar-refractivity contribution is 0.0540. The molecule has 1 aliphatic heterocycles. The molecule has 1 aliphatic rings. The van der Waals surface area contributed by atoms with Gasteiger partial charge in [0.25, 0.3) is 5.91 Å². The number of piperazine rings is 1. The highest BCUT2D eigenvalue weighted by Crippen LogP contribution is 2.26. The fourth-order valence-electron chi connectivity index (χ4n) is 3.03. The zero-order valence-corrected chi connectivity index (χ0v) is 14.9. The van der Waals surface area contributed by atoms with Crippen LogP contribution in [0.1, 0.15) is 35.9 Å². The summed E-state index contributed by atoms with van der Waals surface area (Å²) in [4.78, 5) is 24.9. The van der Waals surface area contributed by atoms with Gasteiger partial charge in [-0.15, -0.1) is 0 Å². The second kappa shape index (κ2) is 7.61. The summed E-state index contributed by atoms with van der Waals surface area (Å²) in [5.74, 6) is 0.802. The number of ether oxygens (including phenoxy) is 1. The average Bonchev–Trinajstić information content (AvgIpc) is 2.63. The quantitative estimate of drug-likeness (QED) is 0.855. The maximum Gasteiger partial charge on any atom is 0.274 e. The van der Waals surface area contributed by atoms with Gasteiger partial charge in [-0.05, 0) is 38.6 Å². The fourth-order valence-corrected chi connectivity index (χ4v) is 3.03. The van der Waals surface area contributed by atoms with E-state index in [1.165, 1.54) is 11.8 Å². The summed E-state index contributed by atoms with van der Waals surface area (Å²) in [5.41, 5.74) is 1.57. The smallest absolute Gasteiger partial charge is 0.274 e. The highest BCUT2D eigenvalue weighted by molar-refractivity contribution is 5.92. The van der Waals surface area contributed by atoms with E-state index in [1.54, 1.807) is 12.4 Å². The van der Waals surface area contributed by atoms with Crippen LogP contribution in [-0.4, -0.2) is 58.5 Å². The van der Waals surface area contributed by atoms with Crippen molar-refractivity contribution in [2.24, 2.45) is 0 Å². The van der Waals surface area contributed by atoms with E-state index in [0.717, 1.165) is 12.3 Å². The van der Waals surface area contributed by atoms with E-state index < -0.39 is 0 Å². The second-order valence-corrected chi connectivity index (χ2v) is 6.57. The molecule has 1 unspecified atom stereocenters. The number of benzene rings is 1. The fraction of sp³-hybridized carbons (Fsp3) is 0.421. The van der Waals surface area contributed by atoms with E-state index in [4.69, 9.17) is 4.74 Å². The van der Waals surface area contributed by atoms with Crippen LogP contribution in [0.25, 0.3) is 0 Å². The number of nitrogens with zero attached hydrogens (tertiary/aromatic N) is 4. The molecule has 1 aromatic heterocycles. The Morgan fingerprint density at radius 3 is 2.60 bits per heavy atom. The van der Waals surface area contributed by atoms with Gasteiger partial charge in [0.1, 0.15) is 11.4 Å². The Kier molecular flexibility index (Phi) is 5.28. The lowest BCUT2D eigenvalue weighted by Gasteiger charge is -2.39. The largest absolute Gasteiger partial charge is 0.491 e. The van der Waals surface area contributed by atoms with Gasteiger partial charge in [-0.2, -0.15) is 0 Å². The third-order valence-electron chi connectivity index (χ3n) is 4.35. The van der Waals surface area contributed by atoms with E-state index >= 15 is 0 Å². The normalized spacial score (nSPS) is 18.4. The molecule has 6 nitrogen and oxygen atoms in total. The summed E-state index contributed by atoms with van der Waals surface area (Å²) in [6, 6.07) is 8.30. The Labute approximate surface area is 148 Å². The van der Waals surface area contributed by atoms with Crippen molar-refractivity contribution in [3.8, 4) is 5.75 Å². The molecular weight excluding hydrogens is 316 g/mol. The molecule has 2 aromatic rings. The molecule has 6 heteroatoms. The van der Waals surface area contributed by atoms with Gasteiger partial charge in [-0.25, -0.2) is 4.98 Å². The van der Waals surface area contributed by atoms with Crippen LogP contribution in [0.3, 0.4) is 0 Å². The highest BCUT2D eigenvalue weighted by Gasteiger charge is 2.29. The molecule has 1 atom stereocenters. The predicted molar refractivity (Wildman–Crippen MR) is 95.5 cm³/mol. The lowest BCUT2D eigenvalue weighted by atomic mass is 10.0. The Hall–Kier alpha value is -2.47. The number of hydrogen-bond acceptors (Lipinski definition) is 5. The van der Waals surface area contributed by atoms with Crippen LogP contribution in [0.5, 0.6) is 5.75 Å². The molecule has 3 rings (SSSR count). The van der Waals surface area contributed by atoms with Gasteiger partial charge < -0.3 is 9.64 Å². The van der Waals surface area contributed by atoms with Crippen molar-refractivity contribution >= 4 is 5.91 Å². The Bertz CT molecular complexity index is 703. The van der Waals surface area contributed by atoms with Crippen molar-refractivity contribution in [2.75, 3.05) is 26.7 Å². The van der Waals surface area contributed by atoms with E-state index in [-0.39, 0.29) is 18.1 Å². The number of aromatic nitrogens is 2. The molecule has 0 radical (unpaired) electrons.